The van der Waals surface area contributed by atoms with E-state index in [0.29, 0.717) is 24.9 Å². The molecule has 6 heteroatoms. The zero-order valence-electron chi connectivity index (χ0n) is 14.5. The summed E-state index contributed by atoms with van der Waals surface area (Å²) in [5.41, 5.74) is 2.81. The first kappa shape index (κ1) is 17.9. The number of aliphatic carboxylic acids is 1. The van der Waals surface area contributed by atoms with Crippen molar-refractivity contribution >= 4 is 17.3 Å². The lowest BCUT2D eigenvalue weighted by Crippen LogP contribution is -2.38. The Morgan fingerprint density at radius 1 is 1.19 bits per heavy atom. The fourth-order valence-electron chi connectivity index (χ4n) is 3.48. The van der Waals surface area contributed by atoms with Crippen molar-refractivity contribution in [3.8, 4) is 0 Å². The van der Waals surface area contributed by atoms with Gasteiger partial charge in [0.25, 0.3) is 5.69 Å². The van der Waals surface area contributed by atoms with Crippen molar-refractivity contribution in [3.63, 3.8) is 0 Å². The first-order valence-electron chi connectivity index (χ1n) is 8.83. The van der Waals surface area contributed by atoms with Gasteiger partial charge in [-0.3, -0.25) is 14.9 Å². The van der Waals surface area contributed by atoms with Crippen LogP contribution in [0.2, 0.25) is 0 Å². The highest BCUT2D eigenvalue weighted by Crippen LogP contribution is 2.29. The van der Waals surface area contributed by atoms with Crippen molar-refractivity contribution < 1.29 is 14.8 Å². The third-order valence-corrected chi connectivity index (χ3v) is 4.92. The van der Waals surface area contributed by atoms with Crippen LogP contribution in [0.4, 0.5) is 11.4 Å². The lowest BCUT2D eigenvalue weighted by molar-refractivity contribution is -0.385. The minimum atomic E-state index is -0.777. The van der Waals surface area contributed by atoms with Crippen molar-refractivity contribution in [2.24, 2.45) is 5.92 Å². The first-order chi connectivity index (χ1) is 12.5. The summed E-state index contributed by atoms with van der Waals surface area (Å²) in [7, 11) is 0. The van der Waals surface area contributed by atoms with Crippen LogP contribution in [0.1, 0.15) is 24.0 Å². The highest BCUT2D eigenvalue weighted by Gasteiger charge is 2.26. The number of hydrogen-bond acceptors (Lipinski definition) is 4. The Hall–Kier alpha value is -2.89. The Morgan fingerprint density at radius 3 is 2.65 bits per heavy atom. The molecule has 0 aliphatic carbocycles. The van der Waals surface area contributed by atoms with E-state index in [-0.39, 0.29) is 16.5 Å². The third kappa shape index (κ3) is 4.20. The van der Waals surface area contributed by atoms with Crippen molar-refractivity contribution in [1.82, 2.24) is 0 Å². The van der Waals surface area contributed by atoms with Gasteiger partial charge in [0.1, 0.15) is 0 Å². The second kappa shape index (κ2) is 7.99. The van der Waals surface area contributed by atoms with Gasteiger partial charge >= 0.3 is 5.97 Å². The molecule has 0 bridgehead atoms. The molecule has 3 rings (SSSR count). The number of carboxylic acids is 1. The van der Waals surface area contributed by atoms with E-state index in [1.807, 2.05) is 41.3 Å². The number of aryl methyl sites for hydroxylation is 2. The molecular weight excluding hydrogens is 332 g/mol. The van der Waals surface area contributed by atoms with Crippen molar-refractivity contribution in [2.75, 3.05) is 18.0 Å². The Kier molecular flexibility index (Phi) is 5.51. The van der Waals surface area contributed by atoms with Gasteiger partial charge in [-0.2, -0.15) is 0 Å². The molecule has 0 aromatic heterocycles. The number of nitro groups is 1. The monoisotopic (exact) mass is 354 g/mol. The maximum Gasteiger partial charge on any atom is 0.308 e. The van der Waals surface area contributed by atoms with E-state index in [4.69, 9.17) is 0 Å². The standard InChI is InChI=1S/C20H22N2O4/c23-20(24)17-7-4-12-21(14-17)18-10-11-19(22(25)26)16(13-18)9-8-15-5-2-1-3-6-15/h1-3,5-6,10-11,13,17H,4,7-9,12,14H2,(H,23,24). The fourth-order valence-corrected chi connectivity index (χ4v) is 3.48. The lowest BCUT2D eigenvalue weighted by atomic mass is 9.97. The zero-order valence-corrected chi connectivity index (χ0v) is 14.5. The van der Waals surface area contributed by atoms with E-state index in [0.717, 1.165) is 30.6 Å². The van der Waals surface area contributed by atoms with Gasteiger partial charge in [-0.25, -0.2) is 0 Å². The van der Waals surface area contributed by atoms with E-state index in [9.17, 15) is 20.0 Å². The van der Waals surface area contributed by atoms with E-state index >= 15 is 0 Å². The molecule has 2 aromatic rings. The number of hydrogen-bond donors (Lipinski definition) is 1. The summed E-state index contributed by atoms with van der Waals surface area (Å²) in [5, 5.41) is 20.6. The van der Waals surface area contributed by atoms with Gasteiger partial charge in [-0.15, -0.1) is 0 Å². The van der Waals surface area contributed by atoms with Crippen LogP contribution in [0.5, 0.6) is 0 Å². The smallest absolute Gasteiger partial charge is 0.308 e. The predicted molar refractivity (Wildman–Crippen MR) is 99.5 cm³/mol. The van der Waals surface area contributed by atoms with Crippen LogP contribution in [0.15, 0.2) is 48.5 Å². The number of nitrogens with zero attached hydrogens (tertiary/aromatic N) is 2. The minimum Gasteiger partial charge on any atom is -0.481 e. The molecule has 0 radical (unpaired) electrons. The molecule has 1 unspecified atom stereocenters. The Bertz CT molecular complexity index is 792. The van der Waals surface area contributed by atoms with Crippen LogP contribution >= 0.6 is 0 Å². The van der Waals surface area contributed by atoms with Crippen LogP contribution in [-0.4, -0.2) is 29.1 Å². The second-order valence-electron chi connectivity index (χ2n) is 6.68. The molecule has 1 aliphatic rings. The van der Waals surface area contributed by atoms with Crippen molar-refractivity contribution in [2.45, 2.75) is 25.7 Å². The largest absolute Gasteiger partial charge is 0.481 e. The van der Waals surface area contributed by atoms with Gasteiger partial charge in [-0.1, -0.05) is 30.3 Å². The minimum absolute atomic E-state index is 0.122. The molecule has 0 spiro atoms. The highest BCUT2D eigenvalue weighted by molar-refractivity contribution is 5.71. The van der Waals surface area contributed by atoms with Crippen molar-refractivity contribution in [1.29, 1.82) is 0 Å². The molecule has 2 aromatic carbocycles. The number of benzene rings is 2. The Balaban J connectivity index is 1.81. The number of anilines is 1. The normalized spacial score (nSPS) is 17.1. The van der Waals surface area contributed by atoms with Crippen LogP contribution in [0, 0.1) is 16.0 Å². The molecule has 6 nitrogen and oxygen atoms in total. The molecule has 26 heavy (non-hydrogen) atoms. The molecule has 136 valence electrons. The molecular formula is C20H22N2O4. The van der Waals surface area contributed by atoms with Gasteiger partial charge in [0.05, 0.1) is 10.8 Å². The molecule has 0 amide bonds. The molecule has 1 aliphatic heterocycles. The molecule has 1 heterocycles. The molecule has 1 atom stereocenters. The predicted octanol–water partition coefficient (Wildman–Crippen LogP) is 3.68. The van der Waals surface area contributed by atoms with Gasteiger partial charge in [-0.05, 0) is 43.4 Å². The number of carboxylic acid groups (broad SMARTS) is 1. The number of carbonyl (C=O) groups is 1. The van der Waals surface area contributed by atoms with Crippen LogP contribution in [0.3, 0.4) is 0 Å². The Labute approximate surface area is 152 Å². The van der Waals surface area contributed by atoms with Crippen molar-refractivity contribution in [3.05, 3.63) is 69.8 Å². The highest BCUT2D eigenvalue weighted by atomic mass is 16.6. The van der Waals surface area contributed by atoms with Crippen LogP contribution in [0.25, 0.3) is 0 Å². The second-order valence-corrected chi connectivity index (χ2v) is 6.68. The molecule has 0 saturated carbocycles. The quantitative estimate of drug-likeness (QED) is 0.632. The Morgan fingerprint density at radius 2 is 1.96 bits per heavy atom. The maximum absolute atomic E-state index is 11.4. The summed E-state index contributed by atoms with van der Waals surface area (Å²) in [6.45, 7) is 1.23. The lowest BCUT2D eigenvalue weighted by Gasteiger charge is -2.32. The summed E-state index contributed by atoms with van der Waals surface area (Å²) in [4.78, 5) is 24.3. The molecule has 1 N–H and O–H groups in total. The van der Waals surface area contributed by atoms with Gasteiger partial charge < -0.3 is 10.0 Å². The topological polar surface area (TPSA) is 83.7 Å². The summed E-state index contributed by atoms with van der Waals surface area (Å²) < 4.78 is 0. The van der Waals surface area contributed by atoms with Gasteiger partial charge in [0.2, 0.25) is 0 Å². The number of rotatable bonds is 6. The van der Waals surface area contributed by atoms with Gasteiger partial charge in [0.15, 0.2) is 0 Å². The van der Waals surface area contributed by atoms with E-state index < -0.39 is 5.97 Å². The molecule has 1 fully saturated rings. The summed E-state index contributed by atoms with van der Waals surface area (Å²) in [5.74, 6) is -1.16. The summed E-state index contributed by atoms with van der Waals surface area (Å²) in [6, 6.07) is 15.0. The van der Waals surface area contributed by atoms with E-state index in [2.05, 4.69) is 0 Å². The average molecular weight is 354 g/mol. The van der Waals surface area contributed by atoms with Crippen LogP contribution < -0.4 is 4.90 Å². The first-order valence-corrected chi connectivity index (χ1v) is 8.83. The van der Waals surface area contributed by atoms with E-state index in [1.54, 1.807) is 12.1 Å². The number of nitro benzene ring substituents is 1. The summed E-state index contributed by atoms with van der Waals surface area (Å²) >= 11 is 0. The number of piperidine rings is 1. The zero-order chi connectivity index (χ0) is 18.5. The van der Waals surface area contributed by atoms with E-state index in [1.165, 1.54) is 0 Å². The molecule has 1 saturated heterocycles. The average Bonchev–Trinajstić information content (AvgIpc) is 2.67. The van der Waals surface area contributed by atoms with Crippen LogP contribution in [-0.2, 0) is 17.6 Å². The maximum atomic E-state index is 11.4. The SMILES string of the molecule is O=C(O)C1CCCN(c2ccc([N+](=O)[O-])c(CCc3ccccc3)c2)C1. The summed E-state index contributed by atoms with van der Waals surface area (Å²) in [6.07, 6.45) is 2.79. The van der Waals surface area contributed by atoms with Gasteiger partial charge in [0, 0.05) is 30.4 Å². The third-order valence-electron chi connectivity index (χ3n) is 4.92. The fraction of sp³-hybridized carbons (Fsp3) is 0.350.